The van der Waals surface area contributed by atoms with Crippen molar-refractivity contribution < 1.29 is 43.6 Å². The van der Waals surface area contributed by atoms with E-state index in [4.69, 9.17) is 19.7 Å². The zero-order valence-corrected chi connectivity index (χ0v) is 13.8. The average Bonchev–Trinajstić information content (AvgIpc) is 2.65. The molecule has 2 N–H and O–H groups in total. The van der Waals surface area contributed by atoms with Gasteiger partial charge in [0.15, 0.2) is 13.2 Å². The van der Waals surface area contributed by atoms with E-state index >= 15 is 0 Å². The van der Waals surface area contributed by atoms with Crippen molar-refractivity contribution in [3.8, 4) is 11.5 Å². The second-order valence-electron chi connectivity index (χ2n) is 5.08. The van der Waals surface area contributed by atoms with Crippen LogP contribution in [0.5, 0.6) is 11.5 Å². The molecule has 0 bridgehead atoms. The van der Waals surface area contributed by atoms with Crippen molar-refractivity contribution in [3.63, 3.8) is 0 Å². The van der Waals surface area contributed by atoms with E-state index in [9.17, 15) is 19.2 Å². The van der Waals surface area contributed by atoms with Crippen LogP contribution in [-0.4, -0.2) is 47.3 Å². The van der Waals surface area contributed by atoms with Crippen molar-refractivity contribution in [1.82, 2.24) is 0 Å². The fourth-order valence-electron chi connectivity index (χ4n) is 1.86. The number of esters is 2. The summed E-state index contributed by atoms with van der Waals surface area (Å²) in [5.74, 6) is -3.62. The third-order valence-corrected chi connectivity index (χ3v) is 3.14. The molecule has 0 amide bonds. The molecular weight excluding hydrogens is 360 g/mol. The summed E-state index contributed by atoms with van der Waals surface area (Å²) in [6.07, 6.45) is 0. The number of carboxylic acids is 2. The Morgan fingerprint density at radius 3 is 1.26 bits per heavy atom. The Morgan fingerprint density at radius 2 is 0.963 bits per heavy atom. The van der Waals surface area contributed by atoms with Gasteiger partial charge in [0.1, 0.15) is 11.5 Å². The van der Waals surface area contributed by atoms with Gasteiger partial charge >= 0.3 is 23.9 Å². The summed E-state index contributed by atoms with van der Waals surface area (Å²) in [7, 11) is 0. The van der Waals surface area contributed by atoms with Crippen LogP contribution in [0.3, 0.4) is 0 Å². The Kier molecular flexibility index (Phi) is 6.48. The first kappa shape index (κ1) is 19.4. The summed E-state index contributed by atoms with van der Waals surface area (Å²) < 4.78 is 14.7. The molecule has 2 rings (SSSR count). The van der Waals surface area contributed by atoms with Crippen molar-refractivity contribution in [2.24, 2.45) is 0 Å². The fourth-order valence-corrected chi connectivity index (χ4v) is 1.86. The number of benzene rings is 2. The number of carboxylic acid groups (broad SMARTS) is 2. The second kappa shape index (κ2) is 8.99. The molecule has 0 atom stereocenters. The van der Waals surface area contributed by atoms with Gasteiger partial charge < -0.3 is 24.4 Å². The number of hydrogen-bond acceptors (Lipinski definition) is 7. The van der Waals surface area contributed by atoms with E-state index in [0.717, 1.165) is 0 Å². The van der Waals surface area contributed by atoms with E-state index in [0.29, 0.717) is 0 Å². The van der Waals surface area contributed by atoms with Gasteiger partial charge in [0.25, 0.3) is 0 Å². The van der Waals surface area contributed by atoms with Gasteiger partial charge in [-0.3, -0.25) is 0 Å². The summed E-state index contributed by atoms with van der Waals surface area (Å²) >= 11 is 0. The standard InChI is InChI=1S/C18H14O9/c19-15(9-25-13-5-1-11(2-6-13)17(21)22)27-16(20)10-26-14-7-3-12(4-8-14)18(23)24/h1-8H,9-10H2,(H,21,22)(H,23,24). The maximum absolute atomic E-state index is 11.5. The van der Waals surface area contributed by atoms with Crippen molar-refractivity contribution in [1.29, 1.82) is 0 Å². The lowest BCUT2D eigenvalue weighted by Crippen LogP contribution is -2.23. The molecule has 9 heteroatoms. The van der Waals surface area contributed by atoms with Crippen molar-refractivity contribution >= 4 is 23.9 Å². The predicted molar refractivity (Wildman–Crippen MR) is 88.9 cm³/mol. The molecule has 140 valence electrons. The van der Waals surface area contributed by atoms with Crippen LogP contribution in [0.1, 0.15) is 20.7 Å². The molecule has 2 aromatic carbocycles. The van der Waals surface area contributed by atoms with E-state index in [1.165, 1.54) is 48.5 Å². The third kappa shape index (κ3) is 6.16. The summed E-state index contributed by atoms with van der Waals surface area (Å²) in [6.45, 7) is -1.10. The van der Waals surface area contributed by atoms with Crippen molar-refractivity contribution in [2.45, 2.75) is 0 Å². The van der Waals surface area contributed by atoms with Crippen LogP contribution in [-0.2, 0) is 14.3 Å². The highest BCUT2D eigenvalue weighted by atomic mass is 16.6. The lowest BCUT2D eigenvalue weighted by Gasteiger charge is -2.07. The smallest absolute Gasteiger partial charge is 0.351 e. The fraction of sp³-hybridized carbons (Fsp3) is 0.111. The van der Waals surface area contributed by atoms with Gasteiger partial charge in [0.05, 0.1) is 11.1 Å². The van der Waals surface area contributed by atoms with Gasteiger partial charge in [0.2, 0.25) is 0 Å². The van der Waals surface area contributed by atoms with E-state index in [1.54, 1.807) is 0 Å². The molecule has 0 saturated carbocycles. The zero-order chi connectivity index (χ0) is 19.8. The van der Waals surface area contributed by atoms with Crippen LogP contribution < -0.4 is 9.47 Å². The number of hydrogen-bond donors (Lipinski definition) is 2. The van der Waals surface area contributed by atoms with Crippen LogP contribution in [0.2, 0.25) is 0 Å². The highest BCUT2D eigenvalue weighted by Gasteiger charge is 2.13. The molecule has 0 saturated heterocycles. The van der Waals surface area contributed by atoms with Gasteiger partial charge in [-0.1, -0.05) is 0 Å². The van der Waals surface area contributed by atoms with E-state index in [2.05, 4.69) is 4.74 Å². The predicted octanol–water partition coefficient (Wildman–Crippen LogP) is 1.61. The largest absolute Gasteiger partial charge is 0.482 e. The van der Waals surface area contributed by atoms with Crippen molar-refractivity contribution in [2.75, 3.05) is 13.2 Å². The molecular formula is C18H14O9. The second-order valence-corrected chi connectivity index (χ2v) is 5.08. The van der Waals surface area contributed by atoms with Crippen molar-refractivity contribution in [3.05, 3.63) is 59.7 Å². The van der Waals surface area contributed by atoms with E-state index < -0.39 is 37.1 Å². The summed E-state index contributed by atoms with van der Waals surface area (Å²) in [4.78, 5) is 44.5. The molecule has 0 aliphatic carbocycles. The Bertz CT molecular complexity index is 767. The first-order valence-corrected chi connectivity index (χ1v) is 7.51. The summed E-state index contributed by atoms with van der Waals surface area (Å²) in [5.41, 5.74) is 0.127. The van der Waals surface area contributed by atoms with Gasteiger partial charge in [-0.25, -0.2) is 19.2 Å². The minimum Gasteiger partial charge on any atom is -0.482 e. The first-order chi connectivity index (χ1) is 12.8. The monoisotopic (exact) mass is 374 g/mol. The molecule has 0 aromatic heterocycles. The average molecular weight is 374 g/mol. The number of carbonyl (C=O) groups is 4. The molecule has 27 heavy (non-hydrogen) atoms. The number of carbonyl (C=O) groups excluding carboxylic acids is 2. The number of aromatic carboxylic acids is 2. The SMILES string of the molecule is O=C(COc1ccc(C(=O)O)cc1)OC(=O)COc1ccc(C(=O)O)cc1. The zero-order valence-electron chi connectivity index (χ0n) is 13.8. The highest BCUT2D eigenvalue weighted by Crippen LogP contribution is 2.13. The quantitative estimate of drug-likeness (QED) is 0.521. The minimum absolute atomic E-state index is 0.0636. The summed E-state index contributed by atoms with van der Waals surface area (Å²) in [5, 5.41) is 17.5. The highest BCUT2D eigenvalue weighted by molar-refractivity contribution is 5.88. The van der Waals surface area contributed by atoms with Gasteiger partial charge in [-0.2, -0.15) is 0 Å². The van der Waals surface area contributed by atoms with E-state index in [1.807, 2.05) is 0 Å². The molecule has 0 unspecified atom stereocenters. The van der Waals surface area contributed by atoms with Crippen LogP contribution in [0.4, 0.5) is 0 Å². The topological polar surface area (TPSA) is 136 Å². The molecule has 0 aliphatic heterocycles. The molecule has 0 heterocycles. The number of rotatable bonds is 8. The maximum Gasteiger partial charge on any atom is 0.351 e. The Morgan fingerprint density at radius 1 is 0.630 bits per heavy atom. The lowest BCUT2D eigenvalue weighted by atomic mass is 10.2. The van der Waals surface area contributed by atoms with Crippen LogP contribution >= 0.6 is 0 Å². The minimum atomic E-state index is -1.09. The molecule has 9 nitrogen and oxygen atoms in total. The van der Waals surface area contributed by atoms with Crippen LogP contribution in [0.25, 0.3) is 0 Å². The van der Waals surface area contributed by atoms with Crippen LogP contribution in [0, 0.1) is 0 Å². The Balaban J connectivity index is 1.74. The molecule has 0 aliphatic rings. The normalized spacial score (nSPS) is 9.93. The maximum atomic E-state index is 11.5. The lowest BCUT2D eigenvalue weighted by molar-refractivity contribution is -0.162. The Hall–Kier alpha value is -3.88. The van der Waals surface area contributed by atoms with Gasteiger partial charge in [-0.05, 0) is 48.5 Å². The summed E-state index contributed by atoms with van der Waals surface area (Å²) in [6, 6.07) is 10.7. The van der Waals surface area contributed by atoms with Crippen LogP contribution in [0.15, 0.2) is 48.5 Å². The van der Waals surface area contributed by atoms with Gasteiger partial charge in [-0.15, -0.1) is 0 Å². The molecule has 0 radical (unpaired) electrons. The molecule has 0 fully saturated rings. The van der Waals surface area contributed by atoms with E-state index in [-0.39, 0.29) is 22.6 Å². The first-order valence-electron chi connectivity index (χ1n) is 7.51. The molecule has 0 spiro atoms. The molecule has 2 aromatic rings. The number of ether oxygens (including phenoxy) is 3. The van der Waals surface area contributed by atoms with Gasteiger partial charge in [0, 0.05) is 0 Å². The third-order valence-electron chi connectivity index (χ3n) is 3.14. The Labute approximate surface area is 152 Å².